The maximum atomic E-state index is 12.1. The molecule has 0 saturated heterocycles. The topological polar surface area (TPSA) is 143 Å². The Bertz CT molecular complexity index is 4360. The molecule has 0 unspecified atom stereocenters. The second-order valence-electron chi connectivity index (χ2n) is 28.8. The van der Waals surface area contributed by atoms with E-state index in [1.54, 1.807) is 72.8 Å². The zero-order valence-electron chi connectivity index (χ0n) is 57.4. The first-order valence-corrected chi connectivity index (χ1v) is 33.4. The summed E-state index contributed by atoms with van der Waals surface area (Å²) in [6.07, 6.45) is 9.41. The average Bonchev–Trinajstić information content (AvgIpc) is 0.810. The fourth-order valence-electron chi connectivity index (χ4n) is 10.2. The first-order chi connectivity index (χ1) is 44.4. The lowest BCUT2D eigenvalue weighted by Gasteiger charge is -2.24. The molecule has 0 saturated carbocycles. The van der Waals surface area contributed by atoms with Gasteiger partial charge in [0.1, 0.15) is 11.5 Å². The van der Waals surface area contributed by atoms with E-state index < -0.39 is 40.1 Å². The van der Waals surface area contributed by atoms with E-state index in [0.29, 0.717) is 63.7 Å². The third-order valence-electron chi connectivity index (χ3n) is 15.9. The van der Waals surface area contributed by atoms with Crippen LogP contribution in [-0.2, 0) is 39.6 Å². The number of rotatable bonds is 5. The van der Waals surface area contributed by atoms with Gasteiger partial charge in [-0.05, 0) is 199 Å². The molecule has 0 atom stereocenters. The fourth-order valence-corrected chi connectivity index (χ4v) is 12.1. The number of Topliss-reactive ketones (excluding diaryl/α,β-unsaturated/α-hetero) is 3. The van der Waals surface area contributed by atoms with Gasteiger partial charge in [-0.25, -0.2) is 0 Å². The Morgan fingerprint density at radius 1 is 0.312 bits per heavy atom. The first kappa shape index (κ1) is 77.3. The molecule has 96 heavy (non-hydrogen) atoms. The van der Waals surface area contributed by atoms with Crippen molar-refractivity contribution in [3.05, 3.63) is 262 Å². The fraction of sp³-hybridized carbons (Fsp3) is 0.268. The van der Waals surface area contributed by atoms with Crippen molar-refractivity contribution in [2.45, 2.75) is 129 Å². The zero-order chi connectivity index (χ0) is 71.9. The van der Waals surface area contributed by atoms with Gasteiger partial charge < -0.3 is 10.2 Å². The number of hydrogen-bond donors (Lipinski definition) is 2. The number of carbonyl (C=O) groups is 6. The molecule has 0 aliphatic heterocycles. The molecular formula is C82H82Cl6O8. The molecule has 0 fully saturated rings. The minimum atomic E-state index is -0.576. The van der Waals surface area contributed by atoms with Crippen molar-refractivity contribution < 1.29 is 39.0 Å². The predicted molar refractivity (Wildman–Crippen MR) is 400 cm³/mol. The van der Waals surface area contributed by atoms with Crippen LogP contribution in [0.3, 0.4) is 0 Å². The predicted octanol–water partition coefficient (Wildman–Crippen LogP) is 22.8. The molecule has 3 aliphatic rings. The summed E-state index contributed by atoms with van der Waals surface area (Å²) in [4.78, 5) is 71.9. The summed E-state index contributed by atoms with van der Waals surface area (Å²) in [5.74, 6) is -2.41. The maximum Gasteiger partial charge on any atom is 0.233 e. The number of aryl methyl sites for hydroxylation is 2. The Labute approximate surface area is 596 Å². The highest BCUT2D eigenvalue weighted by Gasteiger charge is 2.34. The Morgan fingerprint density at radius 3 is 1.07 bits per heavy atom. The van der Waals surface area contributed by atoms with Gasteiger partial charge in [0.25, 0.3) is 0 Å². The normalized spacial score (nSPS) is 14.4. The highest BCUT2D eigenvalue weighted by molar-refractivity contribution is 6.60. The van der Waals surface area contributed by atoms with Gasteiger partial charge in [0.05, 0.1) is 10.0 Å². The first-order valence-electron chi connectivity index (χ1n) is 31.1. The highest BCUT2D eigenvalue weighted by atomic mass is 35.5. The van der Waals surface area contributed by atoms with Crippen LogP contribution < -0.4 is 0 Å². The maximum absolute atomic E-state index is 12.1. The number of phenols is 2. The highest BCUT2D eigenvalue weighted by Crippen LogP contribution is 2.42. The lowest BCUT2D eigenvalue weighted by atomic mass is 9.78. The molecule has 0 heterocycles. The van der Waals surface area contributed by atoms with Crippen molar-refractivity contribution >= 4 is 121 Å². The van der Waals surface area contributed by atoms with E-state index in [-0.39, 0.29) is 33.0 Å². The molecular weight excluding hydrogens is 1330 g/mol. The van der Waals surface area contributed by atoms with Gasteiger partial charge in [0.15, 0.2) is 0 Å². The van der Waals surface area contributed by atoms with Crippen LogP contribution in [-0.4, -0.2) is 44.9 Å². The minimum absolute atomic E-state index is 0.0379. The van der Waals surface area contributed by atoms with Crippen molar-refractivity contribution in [1.29, 1.82) is 0 Å². The number of allylic oxidation sites excluding steroid dienone is 12. The Morgan fingerprint density at radius 2 is 0.667 bits per heavy atom. The van der Waals surface area contributed by atoms with Gasteiger partial charge in [0, 0.05) is 53.5 Å². The van der Waals surface area contributed by atoms with Crippen molar-refractivity contribution in [3.63, 3.8) is 0 Å². The lowest BCUT2D eigenvalue weighted by Crippen LogP contribution is -2.26. The van der Waals surface area contributed by atoms with Crippen molar-refractivity contribution in [2.75, 3.05) is 0 Å². The van der Waals surface area contributed by atoms with Crippen LogP contribution >= 0.6 is 69.6 Å². The lowest BCUT2D eigenvalue weighted by molar-refractivity contribution is -0.132. The van der Waals surface area contributed by atoms with Crippen LogP contribution in [0.1, 0.15) is 143 Å². The van der Waals surface area contributed by atoms with E-state index in [4.69, 9.17) is 69.6 Å². The Hall–Kier alpha value is -7.66. The van der Waals surface area contributed by atoms with Gasteiger partial charge in [-0.15, -0.1) is 0 Å². The van der Waals surface area contributed by atoms with Crippen LogP contribution in [0.25, 0.3) is 39.0 Å². The van der Waals surface area contributed by atoms with Crippen LogP contribution in [0, 0.1) is 30.1 Å². The average molecular weight is 1410 g/mol. The molecule has 0 radical (unpaired) electrons. The summed E-state index contributed by atoms with van der Waals surface area (Å²) in [6.45, 7) is 34.5. The molecule has 500 valence electrons. The molecule has 0 bridgehead atoms. The summed E-state index contributed by atoms with van der Waals surface area (Å²) < 4.78 is 0. The van der Waals surface area contributed by atoms with Gasteiger partial charge in [-0.1, -0.05) is 252 Å². The number of benzene rings is 7. The molecule has 10 rings (SSSR count). The van der Waals surface area contributed by atoms with Gasteiger partial charge in [-0.2, -0.15) is 0 Å². The smallest absolute Gasteiger partial charge is 0.233 e. The summed E-state index contributed by atoms with van der Waals surface area (Å²) in [6, 6.07) is 42.8. The molecule has 7 aromatic carbocycles. The number of carbonyl (C=O) groups excluding carboxylic acids is 6. The van der Waals surface area contributed by atoms with E-state index >= 15 is 0 Å². The molecule has 7 aromatic rings. The summed E-state index contributed by atoms with van der Waals surface area (Å²) in [7, 11) is 0. The minimum Gasteiger partial charge on any atom is -0.508 e. The standard InChI is InChI=1S/C17H18O2.C17H20O.2C16H14Cl2O2.C16H16Cl2O/c1-11-7-5-6-8-13(11)14-9-12(17(2,3)4)10-15(18)16(14)19;1-12-7-5-6-8-16(12)13-9-14(17(2,3)4)11-15(18)10-13;1-16(2,3)9-7-10(15(20)13(19)8-9)14-11(17)5-4-6-12(14)18;1-16(2,3)10-7-9(8-13(19)15(10)20)14-11(17)5-4-6-12(14)18;1-16(2,3)11-7-10(8-12(19)9-11)15-13(17)5-4-6-14(15)18/h5-10H,1-4H3;5-11,18H,1-4H3;2*4-8H,1-3H3;4-9,19H,1-3H3. The van der Waals surface area contributed by atoms with Gasteiger partial charge in [0.2, 0.25) is 34.7 Å². The van der Waals surface area contributed by atoms with Gasteiger partial charge in [-0.3, -0.25) is 28.8 Å². The summed E-state index contributed by atoms with van der Waals surface area (Å²) in [5.41, 5.74) is 12.8. The Kier molecular flexibility index (Phi) is 25.2. The van der Waals surface area contributed by atoms with Crippen molar-refractivity contribution in [2.24, 2.45) is 16.2 Å². The van der Waals surface area contributed by atoms with Crippen LogP contribution in [0.5, 0.6) is 11.5 Å². The number of hydrogen-bond acceptors (Lipinski definition) is 8. The molecule has 8 nitrogen and oxygen atoms in total. The van der Waals surface area contributed by atoms with Crippen LogP contribution in [0.4, 0.5) is 0 Å². The molecule has 0 aromatic heterocycles. The Balaban J connectivity index is 0.000000190. The largest absolute Gasteiger partial charge is 0.508 e. The number of halogens is 6. The van der Waals surface area contributed by atoms with E-state index in [1.807, 2.05) is 136 Å². The molecule has 3 aliphatic carbocycles. The molecule has 14 heteroatoms. The van der Waals surface area contributed by atoms with Crippen molar-refractivity contribution in [3.8, 4) is 33.8 Å². The number of phenolic OH excluding ortho intramolecular Hbond substituents is 2. The van der Waals surface area contributed by atoms with Crippen LogP contribution in [0.15, 0.2) is 193 Å². The second-order valence-corrected chi connectivity index (χ2v) is 31.2. The number of aromatic hydroxyl groups is 2. The van der Waals surface area contributed by atoms with Crippen LogP contribution in [0.2, 0.25) is 30.1 Å². The molecule has 0 spiro atoms. The molecule has 0 amide bonds. The zero-order valence-corrected chi connectivity index (χ0v) is 61.9. The van der Waals surface area contributed by atoms with Gasteiger partial charge >= 0.3 is 0 Å². The van der Waals surface area contributed by atoms with E-state index in [2.05, 4.69) is 66.7 Å². The van der Waals surface area contributed by atoms with E-state index in [9.17, 15) is 39.0 Å². The third kappa shape index (κ3) is 19.8. The SMILES string of the molecule is CC(C)(C)C1=CC(=O)C(=O)C(c2c(Cl)cccc2Cl)=C1.CC(C)(C)C1=CC(c2c(Cl)cccc2Cl)=CC(=O)C1=O.CC(C)(C)c1cc(O)cc(-c2c(Cl)cccc2Cl)c1.Cc1ccccc1-c1cc(O)cc(C(C)(C)C)c1.Cc1ccccc1C1=CC(C(C)(C)C)=CC(=O)C1=O. The quantitative estimate of drug-likeness (QED) is 0.128. The second kappa shape index (κ2) is 31.3. The summed E-state index contributed by atoms with van der Waals surface area (Å²) in [5, 5.41) is 22.6. The summed E-state index contributed by atoms with van der Waals surface area (Å²) >= 11 is 37.0. The number of ketones is 6. The van der Waals surface area contributed by atoms with E-state index in [0.717, 1.165) is 50.1 Å². The monoisotopic (exact) mass is 1400 g/mol. The molecule has 2 N–H and O–H groups in total. The third-order valence-corrected chi connectivity index (χ3v) is 17.8. The van der Waals surface area contributed by atoms with Crippen molar-refractivity contribution in [1.82, 2.24) is 0 Å². The van der Waals surface area contributed by atoms with E-state index in [1.165, 1.54) is 29.4 Å².